The lowest BCUT2D eigenvalue weighted by atomic mass is 9.91. The second kappa shape index (κ2) is 16.7. The molecule has 5 rings (SSSR count). The molecule has 5 atom stereocenters. The van der Waals surface area contributed by atoms with E-state index in [2.05, 4.69) is 15.2 Å². The van der Waals surface area contributed by atoms with E-state index in [0.29, 0.717) is 68.5 Å². The lowest BCUT2D eigenvalue weighted by Crippen LogP contribution is -2.48. The van der Waals surface area contributed by atoms with Crippen LogP contribution in [-0.2, 0) is 19.1 Å². The first-order valence-electron chi connectivity index (χ1n) is 17.1. The molecule has 0 spiro atoms. The fourth-order valence-corrected chi connectivity index (χ4v) is 6.77. The highest BCUT2D eigenvalue weighted by Gasteiger charge is 2.30. The monoisotopic (exact) mass is 684 g/mol. The Morgan fingerprint density at radius 1 is 1.00 bits per heavy atom. The summed E-state index contributed by atoms with van der Waals surface area (Å²) in [5.41, 5.74) is 1.97. The maximum absolute atomic E-state index is 15.3. The number of hydrogen-bond donors (Lipinski definition) is 1. The minimum absolute atomic E-state index is 0. The summed E-state index contributed by atoms with van der Waals surface area (Å²) in [4.78, 5) is 43.6. The second-order valence-corrected chi connectivity index (χ2v) is 13.7. The molecule has 0 radical (unpaired) electrons. The molecule has 1 aromatic carbocycles. The van der Waals surface area contributed by atoms with Crippen molar-refractivity contribution < 1.29 is 33.4 Å². The number of hydrogen-bond acceptors (Lipinski definition) is 9. The molecule has 1 N–H and O–H groups in total. The Kier molecular flexibility index (Phi) is 12.9. The van der Waals surface area contributed by atoms with Crippen LogP contribution in [-0.4, -0.2) is 117 Å². The van der Waals surface area contributed by atoms with Crippen molar-refractivity contribution in [2.45, 2.75) is 91.6 Å². The topological polar surface area (TPSA) is 130 Å². The zero-order chi connectivity index (χ0) is 34.5. The zero-order valence-corrected chi connectivity index (χ0v) is 28.7. The van der Waals surface area contributed by atoms with E-state index < -0.39 is 30.1 Å². The Labute approximate surface area is 288 Å². The molecule has 49 heavy (non-hydrogen) atoms. The third kappa shape index (κ3) is 9.45. The van der Waals surface area contributed by atoms with Gasteiger partial charge in [0.25, 0.3) is 0 Å². The van der Waals surface area contributed by atoms with E-state index in [1.807, 2.05) is 46.0 Å². The maximum Gasteiger partial charge on any atom is 0.410 e. The standard InChI is InChI=1S/C35H49FN6O6.CH4/c1-22-6-8-28(44)21-32(45)48-34(23(2)7-9-31(22)47-35(46)41-16-14-39(5)15-17-41)24(3)18-26-19-29(36)33-30(20-26)42(38-37-33)27-10-12-40(13-11-27)25(4)43;/h7,9,18-20,22-23,27-28,31,34,44H,6,8,10-17,21H2,1-5H3;1H4/b9-7+,24-18+;/t22-,23-,28+,31-,34-;/m0./s1. The van der Waals surface area contributed by atoms with E-state index in [1.165, 1.54) is 6.07 Å². The van der Waals surface area contributed by atoms with E-state index in [-0.39, 0.29) is 49.2 Å². The number of aliphatic hydroxyl groups excluding tert-OH is 1. The number of esters is 1. The molecular formula is C36H53FN6O6. The molecule has 270 valence electrons. The number of ether oxygens (including phenoxy) is 2. The van der Waals surface area contributed by atoms with Crippen molar-refractivity contribution in [3.63, 3.8) is 0 Å². The molecule has 2 aromatic rings. The van der Waals surface area contributed by atoms with Crippen LogP contribution >= 0.6 is 0 Å². The Morgan fingerprint density at radius 3 is 2.37 bits per heavy atom. The maximum atomic E-state index is 15.3. The summed E-state index contributed by atoms with van der Waals surface area (Å²) in [6.07, 6.45) is 5.18. The van der Waals surface area contributed by atoms with Gasteiger partial charge in [0.15, 0.2) is 5.82 Å². The fourth-order valence-electron chi connectivity index (χ4n) is 6.77. The van der Waals surface area contributed by atoms with Crippen LogP contribution in [0.1, 0.15) is 78.8 Å². The minimum atomic E-state index is -0.899. The third-order valence-corrected chi connectivity index (χ3v) is 9.91. The van der Waals surface area contributed by atoms with Crippen LogP contribution < -0.4 is 0 Å². The predicted molar refractivity (Wildman–Crippen MR) is 185 cm³/mol. The molecule has 0 aliphatic carbocycles. The number of aromatic nitrogens is 3. The van der Waals surface area contributed by atoms with Crippen LogP contribution in [0.2, 0.25) is 0 Å². The molecule has 1 aromatic heterocycles. The van der Waals surface area contributed by atoms with Gasteiger partial charge in [-0.1, -0.05) is 38.6 Å². The molecule has 2 saturated heterocycles. The number of fused-ring (bicyclic) bond motifs is 1. The Hall–Kier alpha value is -3.84. The van der Waals surface area contributed by atoms with Crippen molar-refractivity contribution >= 4 is 35.1 Å². The second-order valence-electron chi connectivity index (χ2n) is 13.7. The van der Waals surface area contributed by atoms with E-state index in [0.717, 1.165) is 13.1 Å². The Bertz CT molecular complexity index is 1530. The van der Waals surface area contributed by atoms with Gasteiger partial charge in [0.05, 0.1) is 24.1 Å². The van der Waals surface area contributed by atoms with E-state index >= 15 is 4.39 Å². The summed E-state index contributed by atoms with van der Waals surface area (Å²) >= 11 is 0. The molecule has 2 amide bonds. The van der Waals surface area contributed by atoms with E-state index in [4.69, 9.17) is 9.47 Å². The van der Waals surface area contributed by atoms with Gasteiger partial charge in [-0.2, -0.15) is 0 Å². The number of cyclic esters (lactones) is 1. The van der Waals surface area contributed by atoms with Crippen LogP contribution in [0.4, 0.5) is 9.18 Å². The van der Waals surface area contributed by atoms with Crippen molar-refractivity contribution in [1.29, 1.82) is 0 Å². The number of likely N-dealkylation sites (N-methyl/N-ethyl adjacent to an activating group) is 1. The number of carbonyl (C=O) groups is 3. The van der Waals surface area contributed by atoms with Gasteiger partial charge in [0.2, 0.25) is 5.91 Å². The number of benzene rings is 1. The van der Waals surface area contributed by atoms with E-state index in [1.54, 1.807) is 27.5 Å². The van der Waals surface area contributed by atoms with Gasteiger partial charge in [-0.25, -0.2) is 13.9 Å². The molecular weight excluding hydrogens is 631 g/mol. The number of rotatable bonds is 4. The number of aliphatic hydroxyl groups is 1. The van der Waals surface area contributed by atoms with Crippen molar-refractivity contribution in [2.75, 3.05) is 46.3 Å². The SMILES string of the molecule is C.CC(=O)N1CCC(n2nnc3c(F)cc(/C=C(\C)[C@H]4OC(=O)C[C@H](O)CC[C@H](C)[C@@H](OC(=O)N5CCN(C)CC5)/C=C/[C@@H]4C)cc32)CC1. The normalized spacial score (nSPS) is 27.4. The first-order chi connectivity index (χ1) is 22.9. The van der Waals surface area contributed by atoms with Crippen LogP contribution in [0.15, 0.2) is 29.9 Å². The molecule has 12 nitrogen and oxygen atoms in total. The average Bonchev–Trinajstić information content (AvgIpc) is 3.48. The Morgan fingerprint density at radius 2 is 1.69 bits per heavy atom. The number of piperidine rings is 1. The van der Waals surface area contributed by atoms with Gasteiger partial charge in [-0.05, 0) is 74.9 Å². The quantitative estimate of drug-likeness (QED) is 0.356. The summed E-state index contributed by atoms with van der Waals surface area (Å²) in [6, 6.07) is 3.20. The zero-order valence-electron chi connectivity index (χ0n) is 28.7. The van der Waals surface area contributed by atoms with Gasteiger partial charge in [0.1, 0.15) is 17.7 Å². The Balaban J connectivity index is 0.00000541. The van der Waals surface area contributed by atoms with Gasteiger partial charge in [0, 0.05) is 52.1 Å². The molecule has 13 heteroatoms. The first kappa shape index (κ1) is 38.0. The van der Waals surface area contributed by atoms with Gasteiger partial charge in [-0.3, -0.25) is 9.59 Å². The third-order valence-electron chi connectivity index (χ3n) is 9.91. The summed E-state index contributed by atoms with van der Waals surface area (Å²) in [6.45, 7) is 11.2. The summed E-state index contributed by atoms with van der Waals surface area (Å²) in [7, 11) is 2.02. The smallest absolute Gasteiger partial charge is 0.410 e. The fraction of sp³-hybridized carbons (Fsp3) is 0.639. The highest BCUT2D eigenvalue weighted by molar-refractivity contribution is 5.79. The molecule has 2 fully saturated rings. The number of halogens is 1. The molecule has 0 unspecified atom stereocenters. The first-order valence-corrected chi connectivity index (χ1v) is 17.1. The van der Waals surface area contributed by atoms with Crippen LogP contribution in [0.3, 0.4) is 0 Å². The number of carbonyl (C=O) groups excluding carboxylic acids is 3. The minimum Gasteiger partial charge on any atom is -0.457 e. The summed E-state index contributed by atoms with van der Waals surface area (Å²) < 4.78 is 29.0. The average molecular weight is 685 g/mol. The van der Waals surface area contributed by atoms with Crippen LogP contribution in [0, 0.1) is 17.7 Å². The van der Waals surface area contributed by atoms with Crippen molar-refractivity contribution in [3.05, 3.63) is 41.2 Å². The molecule has 0 bridgehead atoms. The lowest BCUT2D eigenvalue weighted by Gasteiger charge is -2.33. The molecule has 3 aliphatic rings. The summed E-state index contributed by atoms with van der Waals surface area (Å²) in [5, 5.41) is 19.0. The predicted octanol–water partition coefficient (Wildman–Crippen LogP) is 4.83. The van der Waals surface area contributed by atoms with E-state index in [9.17, 15) is 19.5 Å². The largest absolute Gasteiger partial charge is 0.457 e. The lowest BCUT2D eigenvalue weighted by molar-refractivity contribution is -0.151. The summed E-state index contributed by atoms with van der Waals surface area (Å²) in [5.74, 6) is -1.41. The van der Waals surface area contributed by atoms with Crippen molar-refractivity contribution in [3.8, 4) is 0 Å². The van der Waals surface area contributed by atoms with Crippen LogP contribution in [0.5, 0.6) is 0 Å². The molecule has 0 saturated carbocycles. The number of piperazine rings is 1. The number of nitrogens with zero attached hydrogens (tertiary/aromatic N) is 6. The van der Waals surface area contributed by atoms with Gasteiger partial charge in [-0.15, -0.1) is 5.10 Å². The van der Waals surface area contributed by atoms with Crippen molar-refractivity contribution in [1.82, 2.24) is 29.7 Å². The number of likely N-dealkylation sites (tertiary alicyclic amines) is 1. The van der Waals surface area contributed by atoms with Gasteiger partial charge >= 0.3 is 12.1 Å². The highest BCUT2D eigenvalue weighted by Crippen LogP contribution is 2.30. The number of amides is 2. The molecule has 4 heterocycles. The van der Waals surface area contributed by atoms with Crippen LogP contribution in [0.25, 0.3) is 17.1 Å². The van der Waals surface area contributed by atoms with Crippen molar-refractivity contribution in [2.24, 2.45) is 11.8 Å². The molecule has 3 aliphatic heterocycles. The van der Waals surface area contributed by atoms with Gasteiger partial charge < -0.3 is 29.3 Å². The highest BCUT2D eigenvalue weighted by atomic mass is 19.1.